The van der Waals surface area contributed by atoms with E-state index in [9.17, 15) is 9.59 Å². The zero-order valence-corrected chi connectivity index (χ0v) is 14.6. The van der Waals surface area contributed by atoms with Crippen LogP contribution >= 0.6 is 0 Å². The minimum Gasteiger partial charge on any atom is -0.380 e. The molecule has 6 nitrogen and oxygen atoms in total. The minimum atomic E-state index is -0.283. The average Bonchev–Trinajstić information content (AvgIpc) is 2.53. The third-order valence-corrected chi connectivity index (χ3v) is 4.66. The molecule has 6 heteroatoms. The summed E-state index contributed by atoms with van der Waals surface area (Å²) in [5.74, 6) is -0.156. The topological polar surface area (TPSA) is 65.6 Å². The Hall–Kier alpha value is -1.66. The molecule has 2 heterocycles. The highest BCUT2D eigenvalue weighted by Crippen LogP contribution is 2.14. The number of rotatable bonds is 5. The standard InChI is InChI=1S/C17H27N3O3/c1-5-23-11-10-19-6-8-20(9-7-19)17(22)15-13(3)12(2)14(4)18-16(15)21/h5-11H2,1-4H3,(H,18,21). The van der Waals surface area contributed by atoms with Crippen LogP contribution in [0.1, 0.15) is 34.1 Å². The van der Waals surface area contributed by atoms with Crippen molar-refractivity contribution >= 4 is 5.91 Å². The highest BCUT2D eigenvalue weighted by atomic mass is 16.5. The number of piperazine rings is 1. The number of pyridine rings is 1. The monoisotopic (exact) mass is 321 g/mol. The Balaban J connectivity index is 2.04. The summed E-state index contributed by atoms with van der Waals surface area (Å²) in [7, 11) is 0. The first-order valence-corrected chi connectivity index (χ1v) is 8.25. The summed E-state index contributed by atoms with van der Waals surface area (Å²) in [6, 6.07) is 0. The third kappa shape index (κ3) is 4.00. The zero-order valence-electron chi connectivity index (χ0n) is 14.6. The molecule has 1 aliphatic rings. The quantitative estimate of drug-likeness (QED) is 0.825. The van der Waals surface area contributed by atoms with Gasteiger partial charge in [0.05, 0.1) is 6.61 Å². The van der Waals surface area contributed by atoms with Crippen molar-refractivity contribution in [3.8, 4) is 0 Å². The first-order chi connectivity index (χ1) is 11.0. The number of amides is 1. The molecular formula is C17H27N3O3. The Labute approximate surface area is 137 Å². The molecule has 1 fully saturated rings. The van der Waals surface area contributed by atoms with Crippen molar-refractivity contribution < 1.29 is 9.53 Å². The van der Waals surface area contributed by atoms with Gasteiger partial charge in [-0.3, -0.25) is 14.5 Å². The highest BCUT2D eigenvalue weighted by molar-refractivity contribution is 5.95. The first kappa shape index (κ1) is 17.7. The van der Waals surface area contributed by atoms with Crippen molar-refractivity contribution in [2.45, 2.75) is 27.7 Å². The number of carbonyl (C=O) groups excluding carboxylic acids is 1. The highest BCUT2D eigenvalue weighted by Gasteiger charge is 2.25. The van der Waals surface area contributed by atoms with Crippen LogP contribution in [0.4, 0.5) is 0 Å². The van der Waals surface area contributed by atoms with E-state index < -0.39 is 0 Å². The molecule has 0 unspecified atom stereocenters. The maximum Gasteiger partial charge on any atom is 0.261 e. The smallest absolute Gasteiger partial charge is 0.261 e. The van der Waals surface area contributed by atoms with Gasteiger partial charge >= 0.3 is 0 Å². The summed E-state index contributed by atoms with van der Waals surface area (Å²) >= 11 is 0. The van der Waals surface area contributed by atoms with E-state index in [0.29, 0.717) is 13.1 Å². The fourth-order valence-corrected chi connectivity index (χ4v) is 2.89. The number of nitrogens with one attached hydrogen (secondary N) is 1. The minimum absolute atomic E-state index is 0.156. The van der Waals surface area contributed by atoms with Crippen LogP contribution in [0.2, 0.25) is 0 Å². The van der Waals surface area contributed by atoms with E-state index in [1.165, 1.54) is 0 Å². The normalized spacial score (nSPS) is 15.9. The molecule has 1 amide bonds. The molecule has 2 rings (SSSR count). The van der Waals surface area contributed by atoms with Crippen molar-refractivity contribution in [3.05, 3.63) is 32.7 Å². The lowest BCUT2D eigenvalue weighted by molar-refractivity contribution is 0.0562. The summed E-state index contributed by atoms with van der Waals surface area (Å²) in [6.07, 6.45) is 0. The maximum absolute atomic E-state index is 12.7. The molecule has 0 saturated carbocycles. The molecular weight excluding hydrogens is 294 g/mol. The van der Waals surface area contributed by atoms with Gasteiger partial charge in [-0.1, -0.05) is 0 Å². The average molecular weight is 321 g/mol. The number of aryl methyl sites for hydroxylation is 1. The number of aromatic amines is 1. The predicted octanol–water partition coefficient (Wildman–Crippen LogP) is 1.09. The number of carbonyl (C=O) groups is 1. The van der Waals surface area contributed by atoms with Gasteiger partial charge in [0, 0.05) is 45.0 Å². The number of H-pyrrole nitrogens is 1. The molecule has 0 spiro atoms. The Bertz CT molecular complexity index is 616. The molecule has 1 aliphatic heterocycles. The second-order valence-electron chi connectivity index (χ2n) is 6.03. The van der Waals surface area contributed by atoms with E-state index >= 15 is 0 Å². The fourth-order valence-electron chi connectivity index (χ4n) is 2.89. The van der Waals surface area contributed by atoms with Gasteiger partial charge in [0.15, 0.2) is 0 Å². The summed E-state index contributed by atoms with van der Waals surface area (Å²) < 4.78 is 5.37. The van der Waals surface area contributed by atoms with Crippen molar-refractivity contribution in [2.24, 2.45) is 0 Å². The molecule has 1 aromatic rings. The Kier molecular flexibility index (Phi) is 5.96. The largest absolute Gasteiger partial charge is 0.380 e. The van der Waals surface area contributed by atoms with Gasteiger partial charge in [0.2, 0.25) is 0 Å². The molecule has 0 radical (unpaired) electrons. The second-order valence-corrected chi connectivity index (χ2v) is 6.03. The lowest BCUT2D eigenvalue weighted by atomic mass is 10.0. The van der Waals surface area contributed by atoms with E-state index in [2.05, 4.69) is 9.88 Å². The van der Waals surface area contributed by atoms with E-state index in [-0.39, 0.29) is 17.0 Å². The molecule has 0 atom stereocenters. The number of ether oxygens (including phenoxy) is 1. The SMILES string of the molecule is CCOCCN1CCN(C(=O)c2c(C)c(C)c(C)[nH]c2=O)CC1. The van der Waals surface area contributed by atoms with E-state index in [0.717, 1.165) is 49.7 Å². The Morgan fingerprint density at radius 3 is 2.39 bits per heavy atom. The molecule has 0 aliphatic carbocycles. The van der Waals surface area contributed by atoms with Crippen molar-refractivity contribution in [2.75, 3.05) is 45.9 Å². The van der Waals surface area contributed by atoms with Gasteiger partial charge in [0.1, 0.15) is 5.56 Å². The van der Waals surface area contributed by atoms with Gasteiger partial charge in [-0.15, -0.1) is 0 Å². The Morgan fingerprint density at radius 2 is 1.78 bits per heavy atom. The zero-order chi connectivity index (χ0) is 17.0. The predicted molar refractivity (Wildman–Crippen MR) is 90.1 cm³/mol. The molecule has 1 N–H and O–H groups in total. The van der Waals surface area contributed by atoms with Crippen LogP contribution < -0.4 is 5.56 Å². The van der Waals surface area contributed by atoms with Crippen LogP contribution in [0.5, 0.6) is 0 Å². The summed E-state index contributed by atoms with van der Waals surface area (Å²) in [5, 5.41) is 0. The van der Waals surface area contributed by atoms with Gasteiger partial charge < -0.3 is 14.6 Å². The summed E-state index contributed by atoms with van der Waals surface area (Å²) in [5.41, 5.74) is 2.59. The molecule has 0 bridgehead atoms. The van der Waals surface area contributed by atoms with E-state index in [1.807, 2.05) is 27.7 Å². The fraction of sp³-hybridized carbons (Fsp3) is 0.647. The molecule has 1 aromatic heterocycles. The molecule has 23 heavy (non-hydrogen) atoms. The van der Waals surface area contributed by atoms with Crippen LogP contribution in [0.25, 0.3) is 0 Å². The van der Waals surface area contributed by atoms with Gasteiger partial charge in [-0.25, -0.2) is 0 Å². The van der Waals surface area contributed by atoms with Gasteiger partial charge in [-0.2, -0.15) is 0 Å². The van der Waals surface area contributed by atoms with Crippen LogP contribution in [0, 0.1) is 20.8 Å². The van der Waals surface area contributed by atoms with Crippen LogP contribution in [-0.4, -0.2) is 66.6 Å². The number of hydrogen-bond acceptors (Lipinski definition) is 4. The molecule has 128 valence electrons. The Morgan fingerprint density at radius 1 is 1.13 bits per heavy atom. The molecule has 1 saturated heterocycles. The van der Waals surface area contributed by atoms with Crippen molar-refractivity contribution in [3.63, 3.8) is 0 Å². The van der Waals surface area contributed by atoms with Crippen LogP contribution in [0.15, 0.2) is 4.79 Å². The van der Waals surface area contributed by atoms with E-state index in [4.69, 9.17) is 4.74 Å². The summed E-state index contributed by atoms with van der Waals surface area (Å²) in [6.45, 7) is 12.9. The van der Waals surface area contributed by atoms with Gasteiger partial charge in [0.25, 0.3) is 11.5 Å². The van der Waals surface area contributed by atoms with Crippen molar-refractivity contribution in [1.29, 1.82) is 0 Å². The van der Waals surface area contributed by atoms with E-state index in [1.54, 1.807) is 4.90 Å². The van der Waals surface area contributed by atoms with Crippen LogP contribution in [-0.2, 0) is 4.74 Å². The number of nitrogens with zero attached hydrogens (tertiary/aromatic N) is 2. The molecule has 0 aromatic carbocycles. The maximum atomic E-state index is 12.7. The first-order valence-electron chi connectivity index (χ1n) is 8.25. The lowest BCUT2D eigenvalue weighted by Gasteiger charge is -2.34. The number of aromatic nitrogens is 1. The second kappa shape index (κ2) is 7.75. The van der Waals surface area contributed by atoms with Gasteiger partial charge in [-0.05, 0) is 38.8 Å². The van der Waals surface area contributed by atoms with Crippen molar-refractivity contribution in [1.82, 2.24) is 14.8 Å². The third-order valence-electron chi connectivity index (χ3n) is 4.66. The van der Waals surface area contributed by atoms with Crippen LogP contribution in [0.3, 0.4) is 0 Å². The number of hydrogen-bond donors (Lipinski definition) is 1. The lowest BCUT2D eigenvalue weighted by Crippen LogP contribution is -2.50. The summed E-state index contributed by atoms with van der Waals surface area (Å²) in [4.78, 5) is 31.8.